The van der Waals surface area contributed by atoms with E-state index < -0.39 is 0 Å². The highest BCUT2D eigenvalue weighted by atomic mass is 79.9. The number of pyridine rings is 1. The monoisotopic (exact) mass is 373 g/mol. The van der Waals surface area contributed by atoms with Gasteiger partial charge < -0.3 is 10.1 Å². The minimum atomic E-state index is 0.762. The van der Waals surface area contributed by atoms with Crippen molar-refractivity contribution in [2.24, 2.45) is 0 Å². The molecule has 0 aliphatic heterocycles. The molecule has 5 heteroatoms. The van der Waals surface area contributed by atoms with E-state index in [0.29, 0.717) is 0 Å². The second kappa shape index (κ2) is 7.62. The first-order chi connectivity index (χ1) is 11.3. The molecule has 0 unspecified atom stereocenters. The van der Waals surface area contributed by atoms with Crippen molar-refractivity contribution in [1.82, 2.24) is 9.38 Å². The molecule has 1 aromatic carbocycles. The highest BCUT2D eigenvalue weighted by Crippen LogP contribution is 2.29. The highest BCUT2D eigenvalue weighted by Gasteiger charge is 2.13. The van der Waals surface area contributed by atoms with Crippen molar-refractivity contribution in [2.45, 2.75) is 13.3 Å². The van der Waals surface area contributed by atoms with Crippen molar-refractivity contribution in [3.05, 3.63) is 53.1 Å². The van der Waals surface area contributed by atoms with Gasteiger partial charge in [0.25, 0.3) is 0 Å². The fraction of sp³-hybridized carbons (Fsp3) is 0.278. The van der Waals surface area contributed by atoms with Crippen molar-refractivity contribution >= 4 is 27.4 Å². The van der Waals surface area contributed by atoms with E-state index in [-0.39, 0.29) is 0 Å². The van der Waals surface area contributed by atoms with Gasteiger partial charge in [0.2, 0.25) is 0 Å². The zero-order valence-electron chi connectivity index (χ0n) is 13.1. The standard InChI is InChI=1S/C18H20BrN3O/c1-2-23-12-6-11-20-18-17(14-7-4-3-5-8-14)21-16-10-9-15(19)13-22(16)18/h3-5,7-10,13,20H,2,6,11-12H2,1H3. The predicted molar refractivity (Wildman–Crippen MR) is 97.9 cm³/mol. The zero-order chi connectivity index (χ0) is 16.1. The Balaban J connectivity index is 1.93. The predicted octanol–water partition coefficient (Wildman–Crippen LogP) is 4.60. The number of hydrogen-bond donors (Lipinski definition) is 1. The Morgan fingerprint density at radius 2 is 2.00 bits per heavy atom. The topological polar surface area (TPSA) is 38.6 Å². The largest absolute Gasteiger partial charge is 0.382 e. The molecule has 3 aromatic rings. The second-order valence-corrected chi connectivity index (χ2v) is 6.14. The summed E-state index contributed by atoms with van der Waals surface area (Å²) in [6, 6.07) is 14.3. The molecule has 0 amide bonds. The average molecular weight is 374 g/mol. The van der Waals surface area contributed by atoms with Gasteiger partial charge in [0.15, 0.2) is 0 Å². The molecular weight excluding hydrogens is 354 g/mol. The van der Waals surface area contributed by atoms with Gasteiger partial charge >= 0.3 is 0 Å². The van der Waals surface area contributed by atoms with Crippen LogP contribution >= 0.6 is 15.9 Å². The van der Waals surface area contributed by atoms with Crippen LogP contribution in [0.25, 0.3) is 16.9 Å². The normalized spacial score (nSPS) is 11.0. The maximum Gasteiger partial charge on any atom is 0.139 e. The van der Waals surface area contributed by atoms with Gasteiger partial charge in [0.1, 0.15) is 17.2 Å². The number of nitrogens with one attached hydrogen (secondary N) is 1. The van der Waals surface area contributed by atoms with Crippen molar-refractivity contribution in [2.75, 3.05) is 25.1 Å². The van der Waals surface area contributed by atoms with Crippen molar-refractivity contribution in [3.63, 3.8) is 0 Å². The molecule has 3 rings (SSSR count). The van der Waals surface area contributed by atoms with Crippen molar-refractivity contribution in [1.29, 1.82) is 0 Å². The SMILES string of the molecule is CCOCCCNc1c(-c2ccccc2)nc2ccc(Br)cn12. The quantitative estimate of drug-likeness (QED) is 0.614. The minimum Gasteiger partial charge on any atom is -0.382 e. The number of hydrogen-bond acceptors (Lipinski definition) is 3. The van der Waals surface area contributed by atoms with Crippen LogP contribution in [0.3, 0.4) is 0 Å². The molecular formula is C18H20BrN3O. The van der Waals surface area contributed by atoms with E-state index >= 15 is 0 Å². The summed E-state index contributed by atoms with van der Waals surface area (Å²) < 4.78 is 8.52. The van der Waals surface area contributed by atoms with Gasteiger partial charge in [-0.2, -0.15) is 0 Å². The van der Waals surface area contributed by atoms with Crippen LogP contribution in [0, 0.1) is 0 Å². The molecule has 2 aromatic heterocycles. The summed E-state index contributed by atoms with van der Waals surface area (Å²) in [5, 5.41) is 3.52. The van der Waals surface area contributed by atoms with Crippen LogP contribution in [0.4, 0.5) is 5.82 Å². The number of anilines is 1. The number of nitrogens with zero attached hydrogens (tertiary/aromatic N) is 2. The average Bonchev–Trinajstić information content (AvgIpc) is 2.93. The van der Waals surface area contributed by atoms with Crippen molar-refractivity contribution in [3.8, 4) is 11.3 Å². The van der Waals surface area contributed by atoms with E-state index in [1.807, 2.05) is 43.5 Å². The Kier molecular flexibility index (Phi) is 5.31. The number of imidazole rings is 1. The fourth-order valence-electron chi connectivity index (χ4n) is 2.51. The van der Waals surface area contributed by atoms with Crippen LogP contribution in [0.5, 0.6) is 0 Å². The van der Waals surface area contributed by atoms with E-state index in [4.69, 9.17) is 9.72 Å². The van der Waals surface area contributed by atoms with Crippen molar-refractivity contribution < 1.29 is 4.74 Å². The molecule has 1 N–H and O–H groups in total. The third-order valence-corrected chi connectivity index (χ3v) is 4.06. The Labute approximate surface area is 144 Å². The molecule has 120 valence electrons. The van der Waals surface area contributed by atoms with Gasteiger partial charge in [0.05, 0.1) is 0 Å². The first-order valence-corrected chi connectivity index (χ1v) is 8.63. The molecule has 0 saturated heterocycles. The number of benzene rings is 1. The Hall–Kier alpha value is -1.85. The van der Waals surface area contributed by atoms with Crippen LogP contribution in [0.15, 0.2) is 53.1 Å². The van der Waals surface area contributed by atoms with Crippen LogP contribution in [0.2, 0.25) is 0 Å². The molecule has 0 aliphatic carbocycles. The molecule has 0 saturated carbocycles. The molecule has 4 nitrogen and oxygen atoms in total. The van der Waals surface area contributed by atoms with Gasteiger partial charge in [-0.25, -0.2) is 4.98 Å². The number of fused-ring (bicyclic) bond motifs is 1. The zero-order valence-corrected chi connectivity index (χ0v) is 14.7. The molecule has 2 heterocycles. The number of halogens is 1. The smallest absolute Gasteiger partial charge is 0.139 e. The van der Waals surface area contributed by atoms with Crippen LogP contribution in [-0.2, 0) is 4.74 Å². The number of aromatic nitrogens is 2. The van der Waals surface area contributed by atoms with Gasteiger partial charge in [-0.15, -0.1) is 0 Å². The fourth-order valence-corrected chi connectivity index (χ4v) is 2.85. The summed E-state index contributed by atoms with van der Waals surface area (Å²) in [5.74, 6) is 1.02. The van der Waals surface area contributed by atoms with Gasteiger partial charge in [-0.1, -0.05) is 30.3 Å². The lowest BCUT2D eigenvalue weighted by atomic mass is 10.1. The van der Waals surface area contributed by atoms with E-state index in [0.717, 1.165) is 53.4 Å². The van der Waals surface area contributed by atoms with E-state index in [1.54, 1.807) is 0 Å². The Bertz CT molecular complexity index is 771. The maximum absolute atomic E-state index is 5.40. The molecule has 23 heavy (non-hydrogen) atoms. The third-order valence-electron chi connectivity index (χ3n) is 3.59. The summed E-state index contributed by atoms with van der Waals surface area (Å²) in [5.41, 5.74) is 3.01. The number of rotatable bonds is 7. The summed E-state index contributed by atoms with van der Waals surface area (Å²) >= 11 is 3.54. The maximum atomic E-state index is 5.40. The first kappa shape index (κ1) is 16.0. The molecule has 0 atom stereocenters. The number of ether oxygens (including phenoxy) is 1. The third kappa shape index (κ3) is 3.74. The molecule has 0 fully saturated rings. The minimum absolute atomic E-state index is 0.762. The van der Waals surface area contributed by atoms with Gasteiger partial charge in [-0.05, 0) is 41.4 Å². The van der Waals surface area contributed by atoms with E-state index in [9.17, 15) is 0 Å². The lowest BCUT2D eigenvalue weighted by Gasteiger charge is -2.09. The van der Waals surface area contributed by atoms with Crippen LogP contribution < -0.4 is 5.32 Å². The van der Waals surface area contributed by atoms with E-state index in [2.05, 4.69) is 37.8 Å². The summed E-state index contributed by atoms with van der Waals surface area (Å²) in [7, 11) is 0. The lowest BCUT2D eigenvalue weighted by Crippen LogP contribution is -2.08. The lowest BCUT2D eigenvalue weighted by molar-refractivity contribution is 0.147. The summed E-state index contributed by atoms with van der Waals surface area (Å²) in [6.07, 6.45) is 3.00. The van der Waals surface area contributed by atoms with E-state index in [1.165, 1.54) is 0 Å². The highest BCUT2D eigenvalue weighted by molar-refractivity contribution is 9.10. The van der Waals surface area contributed by atoms with Crippen LogP contribution in [-0.4, -0.2) is 29.1 Å². The molecule has 0 bridgehead atoms. The second-order valence-electron chi connectivity index (χ2n) is 5.23. The summed E-state index contributed by atoms with van der Waals surface area (Å²) in [6.45, 7) is 4.39. The molecule has 0 spiro atoms. The Morgan fingerprint density at radius 3 is 2.78 bits per heavy atom. The van der Waals surface area contributed by atoms with Gasteiger partial charge in [-0.3, -0.25) is 4.40 Å². The summed E-state index contributed by atoms with van der Waals surface area (Å²) in [4.78, 5) is 4.79. The Morgan fingerprint density at radius 1 is 1.17 bits per heavy atom. The van der Waals surface area contributed by atoms with Crippen LogP contribution in [0.1, 0.15) is 13.3 Å². The first-order valence-electron chi connectivity index (χ1n) is 7.84. The molecule has 0 radical (unpaired) electrons. The van der Waals surface area contributed by atoms with Gasteiger partial charge in [0, 0.05) is 36.0 Å². The molecule has 0 aliphatic rings.